The molecule has 35 heavy (non-hydrogen) atoms. The van der Waals surface area contributed by atoms with Gasteiger partial charge in [0, 0.05) is 6.08 Å². The van der Waals surface area contributed by atoms with Crippen LogP contribution in [0.15, 0.2) is 24.3 Å². The first-order valence-electron chi connectivity index (χ1n) is 10.5. The molecule has 3 rings (SSSR count). The quantitative estimate of drug-likeness (QED) is 0.0941. The molecule has 14 heteroatoms. The van der Waals surface area contributed by atoms with Gasteiger partial charge in [0.2, 0.25) is 12.1 Å². The highest BCUT2D eigenvalue weighted by Crippen LogP contribution is 2.36. The molecular formula is C21H28O14. The van der Waals surface area contributed by atoms with Crippen LogP contribution in [0.1, 0.15) is 5.56 Å². The summed E-state index contributed by atoms with van der Waals surface area (Å²) >= 11 is 0. The van der Waals surface area contributed by atoms with Crippen LogP contribution in [0.25, 0.3) is 6.08 Å². The summed E-state index contributed by atoms with van der Waals surface area (Å²) in [5, 5.41) is 88.6. The van der Waals surface area contributed by atoms with Crippen LogP contribution in [-0.2, 0) is 23.7 Å². The fourth-order valence-corrected chi connectivity index (χ4v) is 3.72. The van der Waals surface area contributed by atoms with Crippen LogP contribution in [-0.4, -0.2) is 127 Å². The summed E-state index contributed by atoms with van der Waals surface area (Å²) in [5.41, 5.74) is 0.302. The zero-order valence-corrected chi connectivity index (χ0v) is 18.2. The van der Waals surface area contributed by atoms with Gasteiger partial charge in [-0.15, -0.1) is 0 Å². The van der Waals surface area contributed by atoms with Gasteiger partial charge >= 0.3 is 5.97 Å². The molecule has 0 bridgehead atoms. The number of carbonyl (C=O) groups is 1. The van der Waals surface area contributed by atoms with E-state index in [1.807, 2.05) is 0 Å². The molecule has 14 nitrogen and oxygen atoms in total. The Balaban J connectivity index is 1.81. The number of ether oxygens (including phenoxy) is 4. The molecule has 0 radical (unpaired) electrons. The van der Waals surface area contributed by atoms with Crippen LogP contribution in [0.4, 0.5) is 0 Å². The highest BCUT2D eigenvalue weighted by Gasteiger charge is 2.59. The van der Waals surface area contributed by atoms with Gasteiger partial charge < -0.3 is 64.9 Å². The molecule has 2 fully saturated rings. The normalized spacial score (nSPS) is 37.6. The number of hydrogen-bond donors (Lipinski definition) is 9. The number of phenolic OH excluding ortho intramolecular Hbond substituents is 2. The summed E-state index contributed by atoms with van der Waals surface area (Å²) in [7, 11) is 0. The fourth-order valence-electron chi connectivity index (χ4n) is 3.72. The van der Waals surface area contributed by atoms with Gasteiger partial charge in [-0.1, -0.05) is 6.07 Å². The first-order valence-corrected chi connectivity index (χ1v) is 10.5. The minimum Gasteiger partial charge on any atom is -0.504 e. The van der Waals surface area contributed by atoms with Crippen molar-refractivity contribution in [1.29, 1.82) is 0 Å². The lowest BCUT2D eigenvalue weighted by atomic mass is 9.98. The Bertz CT molecular complexity index is 908. The Labute approximate surface area is 198 Å². The number of rotatable bonds is 8. The fraction of sp³-hybridized carbons (Fsp3) is 0.571. The third-order valence-corrected chi connectivity index (χ3v) is 5.71. The number of hydrogen-bond acceptors (Lipinski definition) is 14. The number of benzene rings is 1. The van der Waals surface area contributed by atoms with Gasteiger partial charge in [0.05, 0.1) is 13.2 Å². The van der Waals surface area contributed by atoms with E-state index >= 15 is 0 Å². The van der Waals surface area contributed by atoms with E-state index in [9.17, 15) is 50.8 Å². The predicted molar refractivity (Wildman–Crippen MR) is 111 cm³/mol. The summed E-state index contributed by atoms with van der Waals surface area (Å²) < 4.78 is 21.3. The highest BCUT2D eigenvalue weighted by atomic mass is 16.8. The topological polar surface area (TPSA) is 236 Å². The molecule has 0 unspecified atom stereocenters. The molecule has 2 heterocycles. The Morgan fingerprint density at radius 3 is 2.23 bits per heavy atom. The van der Waals surface area contributed by atoms with Crippen molar-refractivity contribution in [3.8, 4) is 11.5 Å². The van der Waals surface area contributed by atoms with E-state index in [2.05, 4.69) is 0 Å². The van der Waals surface area contributed by atoms with Gasteiger partial charge in [-0.3, -0.25) is 0 Å². The van der Waals surface area contributed by atoms with Gasteiger partial charge in [-0.2, -0.15) is 0 Å². The Morgan fingerprint density at radius 1 is 0.971 bits per heavy atom. The zero-order valence-electron chi connectivity index (χ0n) is 18.2. The molecular weight excluding hydrogens is 476 g/mol. The molecule has 2 aliphatic heterocycles. The second-order valence-corrected chi connectivity index (χ2v) is 8.05. The Morgan fingerprint density at radius 2 is 1.66 bits per heavy atom. The average Bonchev–Trinajstić information content (AvgIpc) is 3.09. The van der Waals surface area contributed by atoms with Crippen molar-refractivity contribution in [2.45, 2.75) is 54.8 Å². The molecule has 0 aromatic heterocycles. The van der Waals surface area contributed by atoms with E-state index in [-0.39, 0.29) is 5.75 Å². The van der Waals surface area contributed by atoms with Gasteiger partial charge in [-0.05, 0) is 23.8 Å². The summed E-state index contributed by atoms with van der Waals surface area (Å²) in [4.78, 5) is 12.4. The van der Waals surface area contributed by atoms with E-state index in [0.717, 1.165) is 12.1 Å². The van der Waals surface area contributed by atoms with Crippen molar-refractivity contribution in [3.63, 3.8) is 0 Å². The van der Waals surface area contributed by atoms with E-state index < -0.39 is 86.3 Å². The third kappa shape index (κ3) is 5.57. The maximum absolute atomic E-state index is 12.4. The van der Waals surface area contributed by atoms with Crippen LogP contribution in [0.2, 0.25) is 0 Å². The monoisotopic (exact) mass is 504 g/mol. The summed E-state index contributed by atoms with van der Waals surface area (Å²) in [6, 6.07) is 3.72. The van der Waals surface area contributed by atoms with Gasteiger partial charge in [0.1, 0.15) is 43.2 Å². The van der Waals surface area contributed by atoms with Crippen LogP contribution in [0.5, 0.6) is 11.5 Å². The number of carbonyl (C=O) groups excluding carboxylic acids is 1. The van der Waals surface area contributed by atoms with Crippen LogP contribution in [0.3, 0.4) is 0 Å². The van der Waals surface area contributed by atoms with Gasteiger partial charge in [0.15, 0.2) is 17.6 Å². The summed E-state index contributed by atoms with van der Waals surface area (Å²) in [5.74, 6) is -4.25. The number of aliphatic hydroxyl groups is 7. The second kappa shape index (κ2) is 11.1. The van der Waals surface area contributed by atoms with Crippen molar-refractivity contribution in [3.05, 3.63) is 29.8 Å². The molecule has 1 aromatic carbocycles. The summed E-state index contributed by atoms with van der Waals surface area (Å²) in [6.07, 6.45) is -11.4. The molecule has 1 aromatic rings. The van der Waals surface area contributed by atoms with Crippen molar-refractivity contribution < 1.29 is 69.7 Å². The van der Waals surface area contributed by atoms with Crippen molar-refractivity contribution in [2.75, 3.05) is 19.8 Å². The standard InChI is InChI=1S/C21H28O14/c22-6-12-15(28)17(30)18(33-14(27)4-2-9-1-3-10(25)11(26)5-9)20(32-12)35-21(8-24)19(31)16(29)13(7-23)34-21/h1-5,12-13,15-20,22-26,28-31H,6-8H2/t12-,13-,15-,16-,17+,18-,19+,20-,21+/m1/s1. The zero-order chi connectivity index (χ0) is 25.9. The number of esters is 1. The van der Waals surface area contributed by atoms with Crippen LogP contribution in [0, 0.1) is 0 Å². The SMILES string of the molecule is O=C(C=Cc1ccc(O)c(O)c1)O[C@H]1[C@@H](O[C@]2(CO)O[C@H](CO)[C@@H](O)[C@@H]2O)O[C@H](CO)[C@@H](O)[C@@H]1O. The predicted octanol–water partition coefficient (Wildman–Crippen LogP) is -3.72. The number of aliphatic hydroxyl groups excluding tert-OH is 7. The molecule has 2 saturated heterocycles. The smallest absolute Gasteiger partial charge is 0.331 e. The average molecular weight is 504 g/mol. The molecule has 0 amide bonds. The first kappa shape index (κ1) is 27.2. The number of aromatic hydroxyl groups is 2. The van der Waals surface area contributed by atoms with E-state index in [1.165, 1.54) is 18.2 Å². The molecule has 0 aliphatic carbocycles. The van der Waals surface area contributed by atoms with Crippen molar-refractivity contribution in [1.82, 2.24) is 0 Å². The molecule has 9 N–H and O–H groups in total. The minimum absolute atomic E-state index is 0.302. The highest BCUT2D eigenvalue weighted by molar-refractivity contribution is 5.87. The molecule has 2 aliphatic rings. The van der Waals surface area contributed by atoms with Crippen molar-refractivity contribution in [2.24, 2.45) is 0 Å². The van der Waals surface area contributed by atoms with Gasteiger partial charge in [-0.25, -0.2) is 4.79 Å². The van der Waals surface area contributed by atoms with Crippen molar-refractivity contribution >= 4 is 12.0 Å². The second-order valence-electron chi connectivity index (χ2n) is 8.05. The number of phenols is 2. The lowest BCUT2D eigenvalue weighted by Gasteiger charge is -2.44. The minimum atomic E-state index is -2.37. The lowest BCUT2D eigenvalue weighted by molar-refractivity contribution is -0.383. The molecule has 0 saturated carbocycles. The Kier molecular flexibility index (Phi) is 8.66. The van der Waals surface area contributed by atoms with Crippen LogP contribution < -0.4 is 0 Å². The van der Waals surface area contributed by atoms with E-state index in [4.69, 9.17) is 18.9 Å². The lowest BCUT2D eigenvalue weighted by Crippen LogP contribution is -2.63. The van der Waals surface area contributed by atoms with E-state index in [1.54, 1.807) is 0 Å². The van der Waals surface area contributed by atoms with E-state index in [0.29, 0.717) is 5.56 Å². The maximum atomic E-state index is 12.4. The van der Waals surface area contributed by atoms with Crippen LogP contribution >= 0.6 is 0 Å². The molecule has 9 atom stereocenters. The van der Waals surface area contributed by atoms with Gasteiger partial charge in [0.25, 0.3) is 0 Å². The maximum Gasteiger partial charge on any atom is 0.331 e. The Hall–Kier alpha value is -2.37. The summed E-state index contributed by atoms with van der Waals surface area (Å²) in [6.45, 7) is -2.60. The largest absolute Gasteiger partial charge is 0.504 e. The first-order chi connectivity index (χ1) is 16.6. The molecule has 196 valence electrons. The third-order valence-electron chi connectivity index (χ3n) is 5.71. The molecule has 0 spiro atoms.